The molecular weight excluding hydrogens is 334 g/mol. The first-order chi connectivity index (χ1) is 10.0. The number of nitrogens with one attached hydrogen (secondary N) is 1. The van der Waals surface area contributed by atoms with Gasteiger partial charge in [0.05, 0.1) is 11.8 Å². The van der Waals surface area contributed by atoms with E-state index in [0.29, 0.717) is 5.92 Å². The summed E-state index contributed by atoms with van der Waals surface area (Å²) in [5.41, 5.74) is 1.82. The Kier molecular flexibility index (Phi) is 2.89. The van der Waals surface area contributed by atoms with Gasteiger partial charge in [-0.15, -0.1) is 0 Å². The first kappa shape index (κ1) is 13.3. The van der Waals surface area contributed by atoms with Crippen molar-refractivity contribution in [3.05, 3.63) is 28.2 Å². The minimum absolute atomic E-state index is 0.0322. The highest BCUT2D eigenvalue weighted by Gasteiger charge is 2.63. The molecule has 1 aromatic rings. The molecule has 3 aliphatic rings. The minimum Gasteiger partial charge on any atom is -0.462 e. The molecule has 3 fully saturated rings. The van der Waals surface area contributed by atoms with E-state index < -0.39 is 0 Å². The molecule has 2 saturated carbocycles. The van der Waals surface area contributed by atoms with Gasteiger partial charge in [0.15, 0.2) is 0 Å². The van der Waals surface area contributed by atoms with Crippen LogP contribution in [0.3, 0.4) is 0 Å². The fourth-order valence-corrected chi connectivity index (χ4v) is 4.82. The number of ether oxygens (including phenoxy) is 1. The van der Waals surface area contributed by atoms with Gasteiger partial charge in [-0.25, -0.2) is 0 Å². The summed E-state index contributed by atoms with van der Waals surface area (Å²) in [6.45, 7) is 1.96. The van der Waals surface area contributed by atoms with Crippen molar-refractivity contribution in [3.8, 4) is 0 Å². The van der Waals surface area contributed by atoms with Gasteiger partial charge in [0.2, 0.25) is 5.91 Å². The number of anilines is 1. The number of rotatable bonds is 2. The molecule has 5 heteroatoms. The van der Waals surface area contributed by atoms with Crippen LogP contribution in [0.15, 0.2) is 22.7 Å². The number of fused-ring (bicyclic) bond motifs is 1. The van der Waals surface area contributed by atoms with Crippen LogP contribution in [-0.4, -0.2) is 18.0 Å². The predicted octanol–water partition coefficient (Wildman–Crippen LogP) is 2.89. The maximum Gasteiger partial charge on any atom is 0.310 e. The number of amides is 1. The van der Waals surface area contributed by atoms with Crippen molar-refractivity contribution in [1.29, 1.82) is 0 Å². The molecule has 0 aromatic heterocycles. The average Bonchev–Trinajstić information content (AvgIpc) is 3.02. The summed E-state index contributed by atoms with van der Waals surface area (Å²) in [7, 11) is 0. The number of hydrogen-bond donors (Lipinski definition) is 1. The lowest BCUT2D eigenvalue weighted by Gasteiger charge is -2.24. The molecule has 110 valence electrons. The summed E-state index contributed by atoms with van der Waals surface area (Å²) in [5.74, 6) is -0.0711. The van der Waals surface area contributed by atoms with Crippen LogP contribution in [0.25, 0.3) is 0 Å². The Morgan fingerprint density at radius 3 is 2.95 bits per heavy atom. The van der Waals surface area contributed by atoms with Gasteiger partial charge in [-0.2, -0.15) is 0 Å². The maximum atomic E-state index is 12.6. The van der Waals surface area contributed by atoms with E-state index in [1.165, 1.54) is 0 Å². The van der Waals surface area contributed by atoms with Crippen molar-refractivity contribution in [2.45, 2.75) is 25.9 Å². The van der Waals surface area contributed by atoms with E-state index >= 15 is 0 Å². The second kappa shape index (κ2) is 4.57. The maximum absolute atomic E-state index is 12.6. The van der Waals surface area contributed by atoms with Crippen LogP contribution in [0.5, 0.6) is 0 Å². The van der Waals surface area contributed by atoms with Crippen molar-refractivity contribution in [2.24, 2.45) is 23.7 Å². The smallest absolute Gasteiger partial charge is 0.310 e. The lowest BCUT2D eigenvalue weighted by atomic mass is 9.79. The average molecular weight is 350 g/mol. The van der Waals surface area contributed by atoms with Gasteiger partial charge < -0.3 is 10.1 Å². The first-order valence-corrected chi connectivity index (χ1v) is 8.11. The van der Waals surface area contributed by atoms with E-state index in [0.717, 1.165) is 28.6 Å². The van der Waals surface area contributed by atoms with Gasteiger partial charge in [-0.05, 0) is 49.4 Å². The van der Waals surface area contributed by atoms with Crippen molar-refractivity contribution in [2.75, 3.05) is 5.32 Å². The number of halogens is 1. The Morgan fingerprint density at radius 1 is 1.38 bits per heavy atom. The molecule has 0 unspecified atom stereocenters. The highest BCUT2D eigenvalue weighted by atomic mass is 79.9. The Bertz CT molecular complexity index is 642. The topological polar surface area (TPSA) is 55.4 Å². The summed E-state index contributed by atoms with van der Waals surface area (Å²) < 4.78 is 6.37. The normalized spacial score (nSPS) is 35.9. The van der Waals surface area contributed by atoms with Crippen molar-refractivity contribution in [1.82, 2.24) is 0 Å². The summed E-state index contributed by atoms with van der Waals surface area (Å²) >= 11 is 3.42. The molecule has 4 nitrogen and oxygen atoms in total. The van der Waals surface area contributed by atoms with Crippen LogP contribution in [-0.2, 0) is 14.3 Å². The third-order valence-corrected chi connectivity index (χ3v) is 5.73. The van der Waals surface area contributed by atoms with E-state index in [1.54, 1.807) is 0 Å². The quantitative estimate of drug-likeness (QED) is 0.835. The Morgan fingerprint density at radius 2 is 2.19 bits per heavy atom. The number of benzene rings is 1. The lowest BCUT2D eigenvalue weighted by Crippen LogP contribution is -2.36. The predicted molar refractivity (Wildman–Crippen MR) is 80.6 cm³/mol. The van der Waals surface area contributed by atoms with E-state index in [1.807, 2.05) is 25.1 Å². The zero-order valence-electron chi connectivity index (χ0n) is 11.6. The zero-order valence-corrected chi connectivity index (χ0v) is 13.2. The van der Waals surface area contributed by atoms with Gasteiger partial charge in [0, 0.05) is 16.1 Å². The van der Waals surface area contributed by atoms with Gasteiger partial charge in [0.1, 0.15) is 6.10 Å². The van der Waals surface area contributed by atoms with Crippen LogP contribution >= 0.6 is 15.9 Å². The third-order valence-electron chi connectivity index (χ3n) is 5.23. The fourth-order valence-electron chi connectivity index (χ4n) is 4.35. The van der Waals surface area contributed by atoms with Crippen molar-refractivity contribution < 1.29 is 14.3 Å². The van der Waals surface area contributed by atoms with E-state index in [9.17, 15) is 9.59 Å². The molecule has 0 radical (unpaired) electrons. The molecule has 1 N–H and O–H groups in total. The van der Waals surface area contributed by atoms with Crippen LogP contribution in [0.4, 0.5) is 5.69 Å². The number of aryl methyl sites for hydroxylation is 1. The summed E-state index contributed by atoms with van der Waals surface area (Å²) in [4.78, 5) is 24.6. The molecule has 1 heterocycles. The largest absolute Gasteiger partial charge is 0.462 e. The van der Waals surface area contributed by atoms with E-state index in [4.69, 9.17) is 4.74 Å². The van der Waals surface area contributed by atoms with Crippen LogP contribution in [0, 0.1) is 30.6 Å². The van der Waals surface area contributed by atoms with E-state index in [2.05, 4.69) is 21.2 Å². The standard InChI is InChI=1S/C16H16BrNO3/c1-7-4-9(17)2-3-11(7)18-15(19)13-8-5-10-12(6-8)21-16(20)14(10)13/h2-4,8,10,12-14H,5-6H2,1H3,(H,18,19)/t8-,10+,12-,13+,14+/m1/s1. The molecule has 1 aromatic carbocycles. The fraction of sp³-hybridized carbons (Fsp3) is 0.500. The van der Waals surface area contributed by atoms with Gasteiger partial charge >= 0.3 is 5.97 Å². The number of esters is 1. The van der Waals surface area contributed by atoms with Gasteiger partial charge in [0.25, 0.3) is 0 Å². The molecule has 4 rings (SSSR count). The zero-order chi connectivity index (χ0) is 14.7. The number of hydrogen-bond acceptors (Lipinski definition) is 3. The third kappa shape index (κ3) is 1.94. The van der Waals surface area contributed by atoms with Gasteiger partial charge in [-0.3, -0.25) is 9.59 Å². The van der Waals surface area contributed by atoms with Crippen LogP contribution in [0.1, 0.15) is 18.4 Å². The molecule has 1 saturated heterocycles. The van der Waals surface area contributed by atoms with Crippen molar-refractivity contribution >= 4 is 33.5 Å². The number of carbonyl (C=O) groups excluding carboxylic acids is 2. The molecule has 1 aliphatic heterocycles. The Labute approximate surface area is 131 Å². The highest BCUT2D eigenvalue weighted by Crippen LogP contribution is 2.57. The number of carbonyl (C=O) groups is 2. The second-order valence-corrected chi connectivity index (χ2v) is 7.29. The first-order valence-electron chi connectivity index (χ1n) is 7.32. The van der Waals surface area contributed by atoms with Crippen LogP contribution < -0.4 is 5.32 Å². The SMILES string of the molecule is Cc1cc(Br)ccc1NC(=O)[C@H]1[C@@H]2C[C@@H]3[C@@H]1C(=O)O[C@@H]3C2. The Hall–Kier alpha value is -1.36. The van der Waals surface area contributed by atoms with Gasteiger partial charge in [-0.1, -0.05) is 15.9 Å². The molecule has 21 heavy (non-hydrogen) atoms. The van der Waals surface area contributed by atoms with Crippen LogP contribution in [0.2, 0.25) is 0 Å². The summed E-state index contributed by atoms with van der Waals surface area (Å²) in [5, 5.41) is 3.00. The summed E-state index contributed by atoms with van der Waals surface area (Å²) in [6.07, 6.45) is 1.88. The molecule has 0 spiro atoms. The molecule has 2 bridgehead atoms. The monoisotopic (exact) mass is 349 g/mol. The molecular formula is C16H16BrNO3. The van der Waals surface area contributed by atoms with Crippen molar-refractivity contribution in [3.63, 3.8) is 0 Å². The van der Waals surface area contributed by atoms with E-state index in [-0.39, 0.29) is 35.7 Å². The Balaban J connectivity index is 1.57. The summed E-state index contributed by atoms with van der Waals surface area (Å²) in [6, 6.07) is 5.76. The minimum atomic E-state index is -0.218. The molecule has 1 amide bonds. The molecule has 2 aliphatic carbocycles. The molecule has 5 atom stereocenters. The highest BCUT2D eigenvalue weighted by molar-refractivity contribution is 9.10. The lowest BCUT2D eigenvalue weighted by molar-refractivity contribution is -0.145. The second-order valence-electron chi connectivity index (χ2n) is 6.37.